The summed E-state index contributed by atoms with van der Waals surface area (Å²) in [5.41, 5.74) is 1.79. The lowest BCUT2D eigenvalue weighted by Crippen LogP contribution is -2.31. The molecule has 0 unspecified atom stereocenters. The molecule has 26 heavy (non-hydrogen) atoms. The second-order valence-corrected chi connectivity index (χ2v) is 5.85. The molecule has 0 aliphatic carbocycles. The molecule has 0 saturated carbocycles. The number of nitrogens with one attached hydrogen (secondary N) is 2. The summed E-state index contributed by atoms with van der Waals surface area (Å²) in [6, 6.07) is 16.1. The standard InChI is InChI=1S/C20H20N2O4/c1-13(18-11-14-7-3-6-10-17(14)26-18)22-19(23)12-25-20(24)15-8-4-5-9-16(15)21-2/h3-11,13,21H,12H2,1-2H3,(H,22,23)/t13-/m1/s1. The maximum absolute atomic E-state index is 12.1. The molecule has 0 aliphatic heterocycles. The Morgan fingerprint density at radius 1 is 1.12 bits per heavy atom. The first kappa shape index (κ1) is 17.5. The van der Waals surface area contributed by atoms with Crippen molar-refractivity contribution in [1.29, 1.82) is 0 Å². The minimum atomic E-state index is -0.554. The fraction of sp³-hybridized carbons (Fsp3) is 0.200. The first-order valence-electron chi connectivity index (χ1n) is 8.30. The van der Waals surface area contributed by atoms with E-state index in [0.717, 1.165) is 11.0 Å². The van der Waals surface area contributed by atoms with Gasteiger partial charge >= 0.3 is 5.97 Å². The van der Waals surface area contributed by atoms with Gasteiger partial charge in [0.25, 0.3) is 5.91 Å². The SMILES string of the molecule is CNc1ccccc1C(=O)OCC(=O)N[C@H](C)c1cc2ccccc2o1. The van der Waals surface area contributed by atoms with Crippen molar-refractivity contribution >= 4 is 28.5 Å². The van der Waals surface area contributed by atoms with Crippen molar-refractivity contribution in [1.82, 2.24) is 5.32 Å². The van der Waals surface area contributed by atoms with Crippen LogP contribution in [-0.4, -0.2) is 25.5 Å². The van der Waals surface area contributed by atoms with E-state index in [-0.39, 0.29) is 12.6 Å². The predicted molar refractivity (Wildman–Crippen MR) is 99.0 cm³/mol. The van der Waals surface area contributed by atoms with Crippen LogP contribution in [-0.2, 0) is 9.53 Å². The third-order valence-electron chi connectivity index (χ3n) is 4.00. The lowest BCUT2D eigenvalue weighted by Gasteiger charge is -2.12. The van der Waals surface area contributed by atoms with E-state index in [1.54, 1.807) is 25.2 Å². The number of benzene rings is 2. The summed E-state index contributed by atoms with van der Waals surface area (Å²) in [6.45, 7) is 1.45. The number of anilines is 1. The van der Waals surface area contributed by atoms with Crippen molar-refractivity contribution < 1.29 is 18.7 Å². The van der Waals surface area contributed by atoms with Gasteiger partial charge in [-0.3, -0.25) is 4.79 Å². The lowest BCUT2D eigenvalue weighted by atomic mass is 10.2. The van der Waals surface area contributed by atoms with Crippen LogP contribution in [0.25, 0.3) is 11.0 Å². The lowest BCUT2D eigenvalue weighted by molar-refractivity contribution is -0.125. The van der Waals surface area contributed by atoms with Gasteiger partial charge in [-0.15, -0.1) is 0 Å². The third kappa shape index (κ3) is 3.85. The molecule has 2 aromatic carbocycles. The molecule has 134 valence electrons. The molecule has 3 rings (SSSR count). The summed E-state index contributed by atoms with van der Waals surface area (Å²) < 4.78 is 10.8. The minimum Gasteiger partial charge on any atom is -0.459 e. The zero-order valence-electron chi connectivity index (χ0n) is 14.6. The molecule has 1 heterocycles. The molecule has 0 saturated heterocycles. The molecule has 1 amide bonds. The van der Waals surface area contributed by atoms with Crippen molar-refractivity contribution in [3.63, 3.8) is 0 Å². The van der Waals surface area contributed by atoms with Crippen molar-refractivity contribution in [2.45, 2.75) is 13.0 Å². The average Bonchev–Trinajstić information content (AvgIpc) is 3.10. The number of carbonyl (C=O) groups excluding carboxylic acids is 2. The zero-order valence-corrected chi connectivity index (χ0v) is 14.6. The molecule has 6 heteroatoms. The molecule has 0 fully saturated rings. The summed E-state index contributed by atoms with van der Waals surface area (Å²) in [6.07, 6.45) is 0. The van der Waals surface area contributed by atoms with E-state index in [9.17, 15) is 9.59 Å². The van der Waals surface area contributed by atoms with E-state index in [4.69, 9.17) is 9.15 Å². The predicted octanol–water partition coefficient (Wildman–Crippen LogP) is 3.51. The average molecular weight is 352 g/mol. The Kier molecular flexibility index (Phi) is 5.22. The van der Waals surface area contributed by atoms with Crippen LogP contribution in [0.15, 0.2) is 59.0 Å². The first-order chi connectivity index (χ1) is 12.6. The van der Waals surface area contributed by atoms with Gasteiger partial charge < -0.3 is 19.8 Å². The molecular formula is C20H20N2O4. The van der Waals surface area contributed by atoms with E-state index in [0.29, 0.717) is 17.0 Å². The van der Waals surface area contributed by atoms with E-state index >= 15 is 0 Å². The van der Waals surface area contributed by atoms with E-state index in [1.807, 2.05) is 43.3 Å². The Morgan fingerprint density at radius 2 is 1.85 bits per heavy atom. The smallest absolute Gasteiger partial charge is 0.340 e. The number of esters is 1. The summed E-state index contributed by atoms with van der Waals surface area (Å²) in [5, 5.41) is 6.65. The Balaban J connectivity index is 1.57. The van der Waals surface area contributed by atoms with Crippen LogP contribution in [0, 0.1) is 0 Å². The van der Waals surface area contributed by atoms with Gasteiger partial charge in [0.05, 0.1) is 11.6 Å². The quantitative estimate of drug-likeness (QED) is 0.664. The zero-order chi connectivity index (χ0) is 18.5. The molecule has 3 aromatic rings. The van der Waals surface area contributed by atoms with E-state index in [2.05, 4.69) is 10.6 Å². The van der Waals surface area contributed by atoms with E-state index < -0.39 is 11.9 Å². The minimum absolute atomic E-state index is 0.335. The van der Waals surface area contributed by atoms with Crippen molar-refractivity contribution in [2.24, 2.45) is 0 Å². The summed E-state index contributed by atoms with van der Waals surface area (Å²) >= 11 is 0. The van der Waals surface area contributed by atoms with Gasteiger partial charge in [0, 0.05) is 18.1 Å². The number of hydrogen-bond donors (Lipinski definition) is 2. The van der Waals surface area contributed by atoms with Crippen LogP contribution in [0.1, 0.15) is 29.1 Å². The maximum Gasteiger partial charge on any atom is 0.340 e. The van der Waals surface area contributed by atoms with Crippen LogP contribution in [0.4, 0.5) is 5.69 Å². The number of para-hydroxylation sites is 2. The van der Waals surface area contributed by atoms with Gasteiger partial charge in [-0.25, -0.2) is 4.79 Å². The normalized spacial score (nSPS) is 11.8. The van der Waals surface area contributed by atoms with Gasteiger partial charge in [0.15, 0.2) is 6.61 Å². The van der Waals surface area contributed by atoms with Crippen LogP contribution < -0.4 is 10.6 Å². The number of fused-ring (bicyclic) bond motifs is 1. The molecule has 2 N–H and O–H groups in total. The van der Waals surface area contributed by atoms with Crippen molar-refractivity contribution in [2.75, 3.05) is 19.0 Å². The Labute approximate surface area is 151 Å². The van der Waals surface area contributed by atoms with Crippen LogP contribution >= 0.6 is 0 Å². The second kappa shape index (κ2) is 7.74. The van der Waals surface area contributed by atoms with Gasteiger partial charge in [0.2, 0.25) is 0 Å². The molecule has 6 nitrogen and oxygen atoms in total. The Morgan fingerprint density at radius 3 is 2.62 bits per heavy atom. The van der Waals surface area contributed by atoms with Gasteiger partial charge in [0.1, 0.15) is 11.3 Å². The largest absolute Gasteiger partial charge is 0.459 e. The van der Waals surface area contributed by atoms with Gasteiger partial charge in [-0.2, -0.15) is 0 Å². The van der Waals surface area contributed by atoms with Crippen LogP contribution in [0.3, 0.4) is 0 Å². The highest BCUT2D eigenvalue weighted by molar-refractivity contribution is 5.96. The van der Waals surface area contributed by atoms with Crippen LogP contribution in [0.2, 0.25) is 0 Å². The molecule has 0 radical (unpaired) electrons. The van der Waals surface area contributed by atoms with Gasteiger partial charge in [-0.1, -0.05) is 30.3 Å². The fourth-order valence-electron chi connectivity index (χ4n) is 2.66. The fourth-order valence-corrected chi connectivity index (χ4v) is 2.66. The van der Waals surface area contributed by atoms with Crippen molar-refractivity contribution in [3.8, 4) is 0 Å². The molecule has 1 aromatic heterocycles. The highest BCUT2D eigenvalue weighted by atomic mass is 16.5. The van der Waals surface area contributed by atoms with E-state index in [1.165, 1.54) is 0 Å². The third-order valence-corrected chi connectivity index (χ3v) is 4.00. The number of amides is 1. The molecular weight excluding hydrogens is 332 g/mol. The summed E-state index contributed by atoms with van der Waals surface area (Å²) in [7, 11) is 1.72. The number of furan rings is 1. The molecule has 0 bridgehead atoms. The highest BCUT2D eigenvalue weighted by Gasteiger charge is 2.17. The maximum atomic E-state index is 12.1. The van der Waals surface area contributed by atoms with Gasteiger partial charge in [-0.05, 0) is 31.2 Å². The highest BCUT2D eigenvalue weighted by Crippen LogP contribution is 2.23. The molecule has 0 aliphatic rings. The van der Waals surface area contributed by atoms with Crippen molar-refractivity contribution in [3.05, 3.63) is 65.9 Å². The Bertz CT molecular complexity index is 899. The molecule has 1 atom stereocenters. The van der Waals surface area contributed by atoms with Crippen LogP contribution in [0.5, 0.6) is 0 Å². The number of rotatable bonds is 6. The number of carbonyl (C=O) groups is 2. The number of ether oxygens (including phenoxy) is 1. The summed E-state index contributed by atoms with van der Waals surface area (Å²) in [5.74, 6) is -0.304. The second-order valence-electron chi connectivity index (χ2n) is 5.85. The Hall–Kier alpha value is -3.28. The first-order valence-corrected chi connectivity index (χ1v) is 8.30. The summed E-state index contributed by atoms with van der Waals surface area (Å²) in [4.78, 5) is 24.2. The topological polar surface area (TPSA) is 80.6 Å². The molecule has 0 spiro atoms. The number of hydrogen-bond acceptors (Lipinski definition) is 5. The monoisotopic (exact) mass is 352 g/mol.